The van der Waals surface area contributed by atoms with Crippen molar-refractivity contribution in [2.75, 3.05) is 13.1 Å². The van der Waals surface area contributed by atoms with Crippen molar-refractivity contribution >= 4 is 12.3 Å². The van der Waals surface area contributed by atoms with Gasteiger partial charge in [-0.2, -0.15) is 5.10 Å². The zero-order chi connectivity index (χ0) is 14.8. The highest BCUT2D eigenvalue weighted by Crippen LogP contribution is 2.15. The minimum Gasteiger partial charge on any atom is -0.444 e. The number of carbonyl (C=O) groups is 1. The summed E-state index contributed by atoms with van der Waals surface area (Å²) >= 11 is 0. The highest BCUT2D eigenvalue weighted by atomic mass is 16.6. The SMILES string of the molecule is C=Cn1cc(CNC2CN(C(=O)OC(C)(C)C)C2)cn1. The van der Waals surface area contributed by atoms with Crippen LogP contribution in [-0.4, -0.2) is 45.5 Å². The van der Waals surface area contributed by atoms with Gasteiger partial charge in [-0.1, -0.05) is 6.58 Å². The number of likely N-dealkylation sites (tertiary alicyclic amines) is 1. The molecule has 1 aliphatic rings. The quantitative estimate of drug-likeness (QED) is 0.910. The van der Waals surface area contributed by atoms with Crippen molar-refractivity contribution in [1.29, 1.82) is 0 Å². The van der Waals surface area contributed by atoms with E-state index in [9.17, 15) is 4.79 Å². The number of nitrogens with one attached hydrogen (secondary N) is 1. The number of rotatable bonds is 4. The molecule has 1 saturated heterocycles. The van der Waals surface area contributed by atoms with Gasteiger partial charge in [-0.3, -0.25) is 0 Å². The van der Waals surface area contributed by atoms with Crippen molar-refractivity contribution in [3.8, 4) is 0 Å². The summed E-state index contributed by atoms with van der Waals surface area (Å²) in [6, 6.07) is 0.314. The molecule has 0 atom stereocenters. The summed E-state index contributed by atoms with van der Waals surface area (Å²) in [5.74, 6) is 0. The van der Waals surface area contributed by atoms with Gasteiger partial charge in [-0.15, -0.1) is 0 Å². The Kier molecular flexibility index (Phi) is 4.13. The molecule has 0 aromatic carbocycles. The van der Waals surface area contributed by atoms with Crippen LogP contribution in [0.4, 0.5) is 4.79 Å². The first-order chi connectivity index (χ1) is 9.37. The summed E-state index contributed by atoms with van der Waals surface area (Å²) in [7, 11) is 0. The predicted molar refractivity (Wildman–Crippen MR) is 77.0 cm³/mol. The standard InChI is InChI=1S/C14H22N4O2/c1-5-18-8-11(7-16-18)6-15-12-9-17(10-12)13(19)20-14(2,3)4/h5,7-8,12,15H,1,6,9-10H2,2-4H3. The van der Waals surface area contributed by atoms with Crippen molar-refractivity contribution in [3.63, 3.8) is 0 Å². The topological polar surface area (TPSA) is 59.4 Å². The number of aromatic nitrogens is 2. The smallest absolute Gasteiger partial charge is 0.410 e. The van der Waals surface area contributed by atoms with Crippen LogP contribution in [0, 0.1) is 0 Å². The fourth-order valence-electron chi connectivity index (χ4n) is 1.91. The highest BCUT2D eigenvalue weighted by Gasteiger charge is 2.33. The van der Waals surface area contributed by atoms with Gasteiger partial charge in [0.25, 0.3) is 0 Å². The molecule has 2 heterocycles. The summed E-state index contributed by atoms with van der Waals surface area (Å²) in [6.07, 6.45) is 5.13. The Morgan fingerprint density at radius 3 is 2.85 bits per heavy atom. The molecular weight excluding hydrogens is 256 g/mol. The van der Waals surface area contributed by atoms with Crippen molar-refractivity contribution in [3.05, 3.63) is 24.5 Å². The lowest BCUT2D eigenvalue weighted by atomic mass is 10.1. The number of hydrogen-bond donors (Lipinski definition) is 1. The molecule has 1 aromatic heterocycles. The fourth-order valence-corrected chi connectivity index (χ4v) is 1.91. The zero-order valence-corrected chi connectivity index (χ0v) is 12.3. The Bertz CT molecular complexity index is 484. The van der Waals surface area contributed by atoms with E-state index in [4.69, 9.17) is 4.74 Å². The number of hydrogen-bond acceptors (Lipinski definition) is 4. The maximum Gasteiger partial charge on any atom is 0.410 e. The van der Waals surface area contributed by atoms with Crippen LogP contribution in [0.25, 0.3) is 6.20 Å². The average Bonchev–Trinajstić information content (AvgIpc) is 2.72. The van der Waals surface area contributed by atoms with Crippen molar-refractivity contribution < 1.29 is 9.53 Å². The molecule has 1 fully saturated rings. The summed E-state index contributed by atoms with van der Waals surface area (Å²) in [5, 5.41) is 7.50. The van der Waals surface area contributed by atoms with Gasteiger partial charge >= 0.3 is 6.09 Å². The van der Waals surface area contributed by atoms with E-state index in [2.05, 4.69) is 17.0 Å². The van der Waals surface area contributed by atoms with Crippen LogP contribution in [0.3, 0.4) is 0 Å². The molecule has 6 heteroatoms. The number of carbonyl (C=O) groups excluding carboxylic acids is 1. The van der Waals surface area contributed by atoms with Gasteiger partial charge in [0.1, 0.15) is 5.60 Å². The van der Waals surface area contributed by atoms with Crippen LogP contribution in [-0.2, 0) is 11.3 Å². The third-order valence-electron chi connectivity index (χ3n) is 2.97. The van der Waals surface area contributed by atoms with E-state index in [1.54, 1.807) is 22.0 Å². The molecular formula is C14H22N4O2. The highest BCUT2D eigenvalue weighted by molar-refractivity contribution is 5.69. The Hall–Kier alpha value is -1.82. The normalized spacial score (nSPS) is 15.8. The van der Waals surface area contributed by atoms with Crippen LogP contribution in [0.5, 0.6) is 0 Å². The molecule has 0 saturated carbocycles. The van der Waals surface area contributed by atoms with Gasteiger partial charge in [-0.05, 0) is 20.8 Å². The first kappa shape index (κ1) is 14.6. The summed E-state index contributed by atoms with van der Waals surface area (Å²) in [4.78, 5) is 13.5. The van der Waals surface area contributed by atoms with Crippen molar-refractivity contribution in [2.24, 2.45) is 0 Å². The lowest BCUT2D eigenvalue weighted by molar-refractivity contribution is 0.00519. The van der Waals surface area contributed by atoms with Crippen molar-refractivity contribution in [2.45, 2.75) is 39.0 Å². The van der Waals surface area contributed by atoms with E-state index >= 15 is 0 Å². The lowest BCUT2D eigenvalue weighted by Crippen LogP contribution is -2.60. The van der Waals surface area contributed by atoms with Crippen LogP contribution < -0.4 is 5.32 Å². The first-order valence-electron chi connectivity index (χ1n) is 6.74. The minimum atomic E-state index is -0.436. The van der Waals surface area contributed by atoms with E-state index < -0.39 is 5.60 Å². The van der Waals surface area contributed by atoms with Gasteiger partial charge in [-0.25, -0.2) is 9.48 Å². The first-order valence-corrected chi connectivity index (χ1v) is 6.74. The van der Waals surface area contributed by atoms with E-state index in [-0.39, 0.29) is 6.09 Å². The van der Waals surface area contributed by atoms with E-state index in [1.807, 2.05) is 27.0 Å². The van der Waals surface area contributed by atoms with Crippen LogP contribution >= 0.6 is 0 Å². The van der Waals surface area contributed by atoms with Gasteiger partial charge in [0.05, 0.1) is 6.20 Å². The molecule has 2 rings (SSSR count). The summed E-state index contributed by atoms with van der Waals surface area (Å²) < 4.78 is 6.98. The molecule has 1 aliphatic heterocycles. The van der Waals surface area contributed by atoms with E-state index in [1.165, 1.54) is 0 Å². The Balaban J connectivity index is 1.69. The van der Waals surface area contributed by atoms with Gasteiger partial charge in [0, 0.05) is 43.6 Å². The molecule has 110 valence electrons. The second-order valence-corrected chi connectivity index (χ2v) is 5.97. The Labute approximate surface area is 119 Å². The van der Waals surface area contributed by atoms with Gasteiger partial charge in [0.15, 0.2) is 0 Å². The molecule has 6 nitrogen and oxygen atoms in total. The summed E-state index contributed by atoms with van der Waals surface area (Å²) in [5.41, 5.74) is 0.662. The Morgan fingerprint density at radius 1 is 1.60 bits per heavy atom. The Morgan fingerprint density at radius 2 is 2.30 bits per heavy atom. The molecule has 0 radical (unpaired) electrons. The predicted octanol–water partition coefficient (Wildman–Crippen LogP) is 1.69. The van der Waals surface area contributed by atoms with Crippen LogP contribution in [0.15, 0.2) is 19.0 Å². The zero-order valence-electron chi connectivity index (χ0n) is 12.3. The fraction of sp³-hybridized carbons (Fsp3) is 0.571. The number of ether oxygens (including phenoxy) is 1. The second-order valence-electron chi connectivity index (χ2n) is 5.97. The molecule has 1 amide bonds. The lowest BCUT2D eigenvalue weighted by Gasteiger charge is -2.40. The average molecular weight is 278 g/mol. The monoisotopic (exact) mass is 278 g/mol. The maximum atomic E-state index is 11.8. The molecule has 20 heavy (non-hydrogen) atoms. The molecule has 1 N–H and O–H groups in total. The maximum absolute atomic E-state index is 11.8. The van der Waals surface area contributed by atoms with Crippen molar-refractivity contribution in [1.82, 2.24) is 20.0 Å². The second kappa shape index (κ2) is 5.66. The van der Waals surface area contributed by atoms with E-state index in [0.717, 1.165) is 12.1 Å². The third-order valence-corrected chi connectivity index (χ3v) is 2.97. The molecule has 0 unspecified atom stereocenters. The largest absolute Gasteiger partial charge is 0.444 e. The molecule has 0 spiro atoms. The van der Waals surface area contributed by atoms with Gasteiger partial charge < -0.3 is 15.0 Å². The molecule has 1 aromatic rings. The van der Waals surface area contributed by atoms with Gasteiger partial charge in [0.2, 0.25) is 0 Å². The number of amides is 1. The van der Waals surface area contributed by atoms with Crippen LogP contribution in [0.2, 0.25) is 0 Å². The summed E-state index contributed by atoms with van der Waals surface area (Å²) in [6.45, 7) is 11.4. The van der Waals surface area contributed by atoms with E-state index in [0.29, 0.717) is 19.1 Å². The molecule has 0 bridgehead atoms. The molecule has 0 aliphatic carbocycles. The van der Waals surface area contributed by atoms with Crippen LogP contribution in [0.1, 0.15) is 26.3 Å². The number of nitrogens with zero attached hydrogens (tertiary/aromatic N) is 3. The third kappa shape index (κ3) is 3.84. The minimum absolute atomic E-state index is 0.241.